The van der Waals surface area contributed by atoms with Gasteiger partial charge in [-0.05, 0) is 25.1 Å². The van der Waals surface area contributed by atoms with Gasteiger partial charge in [0.2, 0.25) is 0 Å². The molecule has 15 heavy (non-hydrogen) atoms. The Morgan fingerprint density at radius 3 is 2.93 bits per heavy atom. The van der Waals surface area contributed by atoms with Crippen LogP contribution in [0.1, 0.15) is 6.42 Å². The molecule has 0 unspecified atom stereocenters. The molecule has 5 heteroatoms. The molecule has 1 aromatic heterocycles. The highest BCUT2D eigenvalue weighted by Crippen LogP contribution is 2.29. The van der Waals surface area contributed by atoms with Crippen LogP contribution in [0.25, 0.3) is 10.9 Å². The lowest BCUT2D eigenvalue weighted by atomic mass is 10.2. The molecule has 2 aromatic rings. The predicted molar refractivity (Wildman–Crippen MR) is 60.1 cm³/mol. The minimum absolute atomic E-state index is 0.154. The van der Waals surface area contributed by atoms with Gasteiger partial charge in [-0.25, -0.2) is 0 Å². The summed E-state index contributed by atoms with van der Waals surface area (Å²) in [6, 6.07) is 5.18. The fourth-order valence-corrected chi connectivity index (χ4v) is 1.77. The topological polar surface area (TPSA) is 64.1 Å². The highest BCUT2D eigenvalue weighted by Gasteiger charge is 2.10. The average Bonchev–Trinajstić information content (AvgIpc) is 2.55. The van der Waals surface area contributed by atoms with Gasteiger partial charge >= 0.3 is 0 Å². The Labute approximate surface area is 92.3 Å². The average molecular weight is 226 g/mol. The molecule has 0 aliphatic heterocycles. The third-order valence-corrected chi connectivity index (χ3v) is 2.66. The van der Waals surface area contributed by atoms with Gasteiger partial charge in [-0.15, -0.1) is 0 Å². The van der Waals surface area contributed by atoms with Gasteiger partial charge in [-0.1, -0.05) is 17.7 Å². The number of aryl methyl sites for hydroxylation is 1. The van der Waals surface area contributed by atoms with Gasteiger partial charge in [0, 0.05) is 11.9 Å². The van der Waals surface area contributed by atoms with Gasteiger partial charge < -0.3 is 10.8 Å². The molecule has 0 amide bonds. The van der Waals surface area contributed by atoms with E-state index in [9.17, 15) is 5.11 Å². The molecule has 0 saturated heterocycles. The van der Waals surface area contributed by atoms with Crippen LogP contribution in [-0.4, -0.2) is 21.4 Å². The maximum Gasteiger partial charge on any atom is 0.143 e. The van der Waals surface area contributed by atoms with Gasteiger partial charge in [0.25, 0.3) is 0 Å². The van der Waals surface area contributed by atoms with Crippen molar-refractivity contribution in [2.75, 3.05) is 6.54 Å². The molecule has 4 nitrogen and oxygen atoms in total. The standard InChI is InChI=1S/C10H12ClN3O/c11-10-7-3-1-4-8(15)9(7)13-14(10)6-2-5-12/h1,3-4,15H,2,5-6,12H2. The molecule has 1 aromatic carbocycles. The number of rotatable bonds is 3. The molecule has 3 N–H and O–H groups in total. The summed E-state index contributed by atoms with van der Waals surface area (Å²) >= 11 is 6.11. The molecule has 0 aliphatic carbocycles. The Morgan fingerprint density at radius 1 is 1.47 bits per heavy atom. The van der Waals surface area contributed by atoms with Gasteiger partial charge in [-0.2, -0.15) is 5.10 Å². The molecule has 0 aliphatic rings. The van der Waals surface area contributed by atoms with E-state index in [2.05, 4.69) is 5.10 Å². The van der Waals surface area contributed by atoms with Crippen molar-refractivity contribution >= 4 is 22.5 Å². The van der Waals surface area contributed by atoms with E-state index in [4.69, 9.17) is 17.3 Å². The van der Waals surface area contributed by atoms with Crippen LogP contribution in [0, 0.1) is 0 Å². The van der Waals surface area contributed by atoms with E-state index in [1.165, 1.54) is 0 Å². The van der Waals surface area contributed by atoms with Crippen molar-refractivity contribution in [3.05, 3.63) is 23.4 Å². The summed E-state index contributed by atoms with van der Waals surface area (Å²) in [7, 11) is 0. The van der Waals surface area contributed by atoms with Crippen LogP contribution in [0.2, 0.25) is 5.15 Å². The molecule has 0 radical (unpaired) electrons. The highest BCUT2D eigenvalue weighted by molar-refractivity contribution is 6.34. The van der Waals surface area contributed by atoms with Gasteiger partial charge in [0.05, 0.1) is 0 Å². The minimum Gasteiger partial charge on any atom is -0.506 e. The number of aromatic hydroxyl groups is 1. The van der Waals surface area contributed by atoms with E-state index in [1.54, 1.807) is 16.8 Å². The van der Waals surface area contributed by atoms with E-state index in [0.717, 1.165) is 11.8 Å². The lowest BCUT2D eigenvalue weighted by molar-refractivity contribution is 0.478. The number of phenols is 1. The smallest absolute Gasteiger partial charge is 0.143 e. The number of nitrogens with two attached hydrogens (primary N) is 1. The SMILES string of the molecule is NCCCn1nc2c(O)cccc2c1Cl. The summed E-state index contributed by atoms with van der Waals surface area (Å²) in [5.74, 6) is 0.154. The quantitative estimate of drug-likeness (QED) is 0.837. The first-order chi connectivity index (χ1) is 7.24. The number of halogens is 1. The zero-order valence-electron chi connectivity index (χ0n) is 8.15. The number of phenolic OH excluding ortho intramolecular Hbond substituents is 1. The zero-order valence-corrected chi connectivity index (χ0v) is 8.91. The largest absolute Gasteiger partial charge is 0.506 e. The summed E-state index contributed by atoms with van der Waals surface area (Å²) in [5.41, 5.74) is 5.96. The molecule has 1 heterocycles. The molecule has 0 atom stereocenters. The first-order valence-electron chi connectivity index (χ1n) is 4.78. The third kappa shape index (κ3) is 1.78. The molecular formula is C10H12ClN3O. The van der Waals surface area contributed by atoms with Gasteiger partial charge in [0.1, 0.15) is 16.4 Å². The Hall–Kier alpha value is -1.26. The van der Waals surface area contributed by atoms with Crippen molar-refractivity contribution in [3.63, 3.8) is 0 Å². The maximum absolute atomic E-state index is 9.58. The van der Waals surface area contributed by atoms with Gasteiger partial charge in [-0.3, -0.25) is 4.68 Å². The number of nitrogens with zero attached hydrogens (tertiary/aromatic N) is 2. The van der Waals surface area contributed by atoms with Crippen molar-refractivity contribution in [3.8, 4) is 5.75 Å². The minimum atomic E-state index is 0.154. The second-order valence-electron chi connectivity index (χ2n) is 3.33. The molecule has 80 valence electrons. The summed E-state index contributed by atoms with van der Waals surface area (Å²) in [4.78, 5) is 0. The van der Waals surface area contributed by atoms with Crippen molar-refractivity contribution in [2.45, 2.75) is 13.0 Å². The summed E-state index contributed by atoms with van der Waals surface area (Å²) in [6.07, 6.45) is 0.814. The highest BCUT2D eigenvalue weighted by atomic mass is 35.5. The van der Waals surface area contributed by atoms with Gasteiger partial charge in [0.15, 0.2) is 0 Å². The van der Waals surface area contributed by atoms with Crippen molar-refractivity contribution < 1.29 is 5.11 Å². The third-order valence-electron chi connectivity index (χ3n) is 2.26. The predicted octanol–water partition coefficient (Wildman–Crippen LogP) is 1.74. The van der Waals surface area contributed by atoms with E-state index >= 15 is 0 Å². The normalized spacial score (nSPS) is 11.1. The molecule has 0 spiro atoms. The van der Waals surface area contributed by atoms with E-state index in [0.29, 0.717) is 23.8 Å². The number of benzene rings is 1. The fourth-order valence-electron chi connectivity index (χ4n) is 1.50. The zero-order chi connectivity index (χ0) is 10.8. The second kappa shape index (κ2) is 4.08. The molecule has 0 bridgehead atoms. The Bertz CT molecular complexity index is 481. The van der Waals surface area contributed by atoms with E-state index < -0.39 is 0 Å². The first-order valence-corrected chi connectivity index (χ1v) is 5.16. The summed E-state index contributed by atoms with van der Waals surface area (Å²) in [6.45, 7) is 1.27. The van der Waals surface area contributed by atoms with Crippen molar-refractivity contribution in [1.82, 2.24) is 9.78 Å². The number of fused-ring (bicyclic) bond motifs is 1. The number of hydrogen-bond acceptors (Lipinski definition) is 3. The van der Waals surface area contributed by atoms with Crippen LogP contribution < -0.4 is 5.73 Å². The Morgan fingerprint density at radius 2 is 2.27 bits per heavy atom. The van der Waals surface area contributed by atoms with E-state index in [1.807, 2.05) is 6.07 Å². The van der Waals surface area contributed by atoms with Crippen LogP contribution >= 0.6 is 11.6 Å². The molecular weight excluding hydrogens is 214 g/mol. The lowest BCUT2D eigenvalue weighted by Crippen LogP contribution is -2.06. The van der Waals surface area contributed by atoms with Crippen LogP contribution in [0.4, 0.5) is 0 Å². The first kappa shape index (κ1) is 10.3. The second-order valence-corrected chi connectivity index (χ2v) is 3.69. The van der Waals surface area contributed by atoms with Crippen LogP contribution in [0.15, 0.2) is 18.2 Å². The van der Waals surface area contributed by atoms with Crippen LogP contribution in [0.5, 0.6) is 5.75 Å². The molecule has 2 rings (SSSR count). The number of hydrogen-bond donors (Lipinski definition) is 2. The lowest BCUT2D eigenvalue weighted by Gasteiger charge is -1.99. The Kier molecular flexibility index (Phi) is 2.79. The van der Waals surface area contributed by atoms with Crippen molar-refractivity contribution in [2.24, 2.45) is 5.73 Å². The van der Waals surface area contributed by atoms with Crippen LogP contribution in [0.3, 0.4) is 0 Å². The fraction of sp³-hybridized carbons (Fsp3) is 0.300. The molecule has 0 saturated carbocycles. The maximum atomic E-state index is 9.58. The van der Waals surface area contributed by atoms with Crippen molar-refractivity contribution in [1.29, 1.82) is 0 Å². The Balaban J connectivity index is 2.49. The molecule has 0 fully saturated rings. The number of aromatic nitrogens is 2. The summed E-state index contributed by atoms with van der Waals surface area (Å²) < 4.78 is 1.67. The van der Waals surface area contributed by atoms with E-state index in [-0.39, 0.29) is 5.75 Å². The monoisotopic (exact) mass is 225 g/mol. The van der Waals surface area contributed by atoms with Crippen LogP contribution in [-0.2, 0) is 6.54 Å². The summed E-state index contributed by atoms with van der Waals surface area (Å²) in [5, 5.41) is 15.1.